The first-order chi connectivity index (χ1) is 7.24. The molecule has 0 aliphatic rings. The van der Waals surface area contributed by atoms with E-state index in [0.29, 0.717) is 12.6 Å². The van der Waals surface area contributed by atoms with Gasteiger partial charge in [0.25, 0.3) is 0 Å². The third-order valence-electron chi connectivity index (χ3n) is 2.52. The molecule has 1 N–H and O–H groups in total. The summed E-state index contributed by atoms with van der Waals surface area (Å²) in [5.74, 6) is 0. The number of hydrogen-bond donors (Lipinski definition) is 1. The first-order valence-corrected chi connectivity index (χ1v) is 6.49. The van der Waals surface area contributed by atoms with E-state index in [0.717, 1.165) is 25.9 Å². The summed E-state index contributed by atoms with van der Waals surface area (Å²) >= 11 is 1.82. The lowest BCUT2D eigenvalue weighted by Gasteiger charge is -2.25. The van der Waals surface area contributed by atoms with Crippen LogP contribution < -0.4 is 0 Å². The van der Waals surface area contributed by atoms with Crippen molar-refractivity contribution in [2.24, 2.45) is 0 Å². The Kier molecular flexibility index (Phi) is 5.91. The summed E-state index contributed by atoms with van der Waals surface area (Å²) in [5.41, 5.74) is 0. The molecule has 0 aliphatic heterocycles. The zero-order valence-electron chi connectivity index (χ0n) is 9.65. The molecule has 1 rings (SSSR count). The van der Waals surface area contributed by atoms with Gasteiger partial charge in [-0.05, 0) is 44.7 Å². The molecule has 0 unspecified atom stereocenters. The van der Waals surface area contributed by atoms with Crippen LogP contribution in [0.15, 0.2) is 17.5 Å². The van der Waals surface area contributed by atoms with Crippen LogP contribution in [0.5, 0.6) is 0 Å². The second-order valence-corrected chi connectivity index (χ2v) is 5.11. The van der Waals surface area contributed by atoms with Crippen LogP contribution in [0.4, 0.5) is 0 Å². The fraction of sp³-hybridized carbons (Fsp3) is 0.667. The van der Waals surface area contributed by atoms with Crippen LogP contribution in [0.3, 0.4) is 0 Å². The highest BCUT2D eigenvalue weighted by atomic mass is 32.1. The molecule has 15 heavy (non-hydrogen) atoms. The highest BCUT2D eigenvalue weighted by Gasteiger charge is 2.09. The van der Waals surface area contributed by atoms with E-state index in [2.05, 4.69) is 36.3 Å². The van der Waals surface area contributed by atoms with Crippen molar-refractivity contribution in [2.75, 3.05) is 13.2 Å². The van der Waals surface area contributed by atoms with Crippen LogP contribution in [-0.2, 0) is 6.54 Å². The minimum atomic E-state index is 0.310. The van der Waals surface area contributed by atoms with Crippen molar-refractivity contribution in [3.05, 3.63) is 22.4 Å². The molecule has 0 spiro atoms. The van der Waals surface area contributed by atoms with Crippen molar-refractivity contribution in [1.29, 1.82) is 0 Å². The number of aliphatic hydroxyl groups is 1. The third-order valence-corrected chi connectivity index (χ3v) is 3.38. The number of unbranched alkanes of at least 4 members (excludes halogenated alkanes) is 1. The highest BCUT2D eigenvalue weighted by Crippen LogP contribution is 2.14. The number of aliphatic hydroxyl groups excluding tert-OH is 1. The molecule has 86 valence electrons. The van der Waals surface area contributed by atoms with Crippen molar-refractivity contribution < 1.29 is 5.11 Å². The second-order valence-electron chi connectivity index (χ2n) is 4.07. The van der Waals surface area contributed by atoms with Gasteiger partial charge in [0.05, 0.1) is 0 Å². The van der Waals surface area contributed by atoms with Gasteiger partial charge in [0, 0.05) is 24.1 Å². The SMILES string of the molecule is CC(C)N(CCCCO)Cc1cccs1. The predicted molar refractivity (Wildman–Crippen MR) is 66.2 cm³/mol. The Morgan fingerprint density at radius 3 is 2.73 bits per heavy atom. The molecule has 0 radical (unpaired) electrons. The lowest BCUT2D eigenvalue weighted by atomic mass is 10.2. The van der Waals surface area contributed by atoms with Crippen molar-refractivity contribution in [1.82, 2.24) is 4.90 Å². The number of thiophene rings is 1. The van der Waals surface area contributed by atoms with Gasteiger partial charge in [-0.3, -0.25) is 4.90 Å². The quantitative estimate of drug-likeness (QED) is 0.724. The summed E-state index contributed by atoms with van der Waals surface area (Å²) in [6.07, 6.45) is 1.99. The van der Waals surface area contributed by atoms with Crippen LogP contribution in [0.1, 0.15) is 31.6 Å². The molecule has 0 amide bonds. The van der Waals surface area contributed by atoms with Crippen LogP contribution in [0.2, 0.25) is 0 Å². The van der Waals surface area contributed by atoms with E-state index < -0.39 is 0 Å². The van der Waals surface area contributed by atoms with Crippen LogP contribution in [-0.4, -0.2) is 29.2 Å². The fourth-order valence-electron chi connectivity index (χ4n) is 1.55. The predicted octanol–water partition coefficient (Wildman–Crippen LogP) is 2.73. The topological polar surface area (TPSA) is 23.5 Å². The van der Waals surface area contributed by atoms with Gasteiger partial charge >= 0.3 is 0 Å². The van der Waals surface area contributed by atoms with Crippen LogP contribution in [0, 0.1) is 0 Å². The normalized spacial score (nSPS) is 11.5. The molecule has 1 aromatic heterocycles. The third kappa shape index (κ3) is 4.78. The minimum absolute atomic E-state index is 0.310. The van der Waals surface area contributed by atoms with Crippen LogP contribution >= 0.6 is 11.3 Å². The van der Waals surface area contributed by atoms with Gasteiger partial charge in [0.2, 0.25) is 0 Å². The summed E-state index contributed by atoms with van der Waals surface area (Å²) in [6.45, 7) is 6.89. The molecule has 1 aromatic rings. The maximum absolute atomic E-state index is 8.76. The molecule has 1 heterocycles. The average Bonchev–Trinajstić information content (AvgIpc) is 2.69. The van der Waals surface area contributed by atoms with E-state index in [-0.39, 0.29) is 0 Å². The first kappa shape index (κ1) is 12.7. The Labute approximate surface area is 96.5 Å². The molecule has 0 fully saturated rings. The molecule has 0 aromatic carbocycles. The summed E-state index contributed by atoms with van der Waals surface area (Å²) < 4.78 is 0. The minimum Gasteiger partial charge on any atom is -0.396 e. The van der Waals surface area contributed by atoms with E-state index in [1.54, 1.807) is 0 Å². The molecule has 0 atom stereocenters. The Bertz CT molecular complexity index is 246. The fourth-order valence-corrected chi connectivity index (χ4v) is 2.28. The van der Waals surface area contributed by atoms with E-state index in [1.165, 1.54) is 4.88 Å². The Morgan fingerprint density at radius 1 is 1.40 bits per heavy atom. The molecule has 0 aliphatic carbocycles. The van der Waals surface area contributed by atoms with Gasteiger partial charge < -0.3 is 5.11 Å². The molecule has 0 bridgehead atoms. The van der Waals surface area contributed by atoms with Gasteiger partial charge in [0.1, 0.15) is 0 Å². The standard InChI is InChI=1S/C12H21NOS/c1-11(2)13(7-3-4-8-14)10-12-6-5-9-15-12/h5-6,9,11,14H,3-4,7-8,10H2,1-2H3. The number of nitrogens with zero attached hydrogens (tertiary/aromatic N) is 1. The van der Waals surface area contributed by atoms with Crippen molar-refractivity contribution >= 4 is 11.3 Å². The first-order valence-electron chi connectivity index (χ1n) is 5.61. The largest absolute Gasteiger partial charge is 0.396 e. The summed E-state index contributed by atoms with van der Waals surface area (Å²) in [4.78, 5) is 3.88. The highest BCUT2D eigenvalue weighted by molar-refractivity contribution is 7.09. The molecular formula is C12H21NOS. The molecular weight excluding hydrogens is 206 g/mol. The van der Waals surface area contributed by atoms with Crippen molar-refractivity contribution in [3.63, 3.8) is 0 Å². The number of hydrogen-bond acceptors (Lipinski definition) is 3. The maximum Gasteiger partial charge on any atom is 0.0431 e. The molecule has 0 saturated heterocycles. The van der Waals surface area contributed by atoms with E-state index in [4.69, 9.17) is 5.11 Å². The second kappa shape index (κ2) is 6.99. The average molecular weight is 227 g/mol. The van der Waals surface area contributed by atoms with Crippen LogP contribution in [0.25, 0.3) is 0 Å². The monoisotopic (exact) mass is 227 g/mol. The summed E-state index contributed by atoms with van der Waals surface area (Å²) in [6, 6.07) is 4.86. The summed E-state index contributed by atoms with van der Waals surface area (Å²) in [5, 5.41) is 10.9. The summed E-state index contributed by atoms with van der Waals surface area (Å²) in [7, 11) is 0. The van der Waals surface area contributed by atoms with Crippen molar-refractivity contribution in [3.8, 4) is 0 Å². The Hall–Kier alpha value is -0.380. The van der Waals surface area contributed by atoms with Gasteiger partial charge in [0.15, 0.2) is 0 Å². The van der Waals surface area contributed by atoms with Crippen molar-refractivity contribution in [2.45, 2.75) is 39.3 Å². The van der Waals surface area contributed by atoms with Gasteiger partial charge in [-0.25, -0.2) is 0 Å². The van der Waals surface area contributed by atoms with E-state index in [9.17, 15) is 0 Å². The van der Waals surface area contributed by atoms with E-state index in [1.807, 2.05) is 11.3 Å². The van der Waals surface area contributed by atoms with Gasteiger partial charge in [-0.15, -0.1) is 11.3 Å². The zero-order valence-corrected chi connectivity index (χ0v) is 10.5. The smallest absolute Gasteiger partial charge is 0.0431 e. The molecule has 0 saturated carbocycles. The molecule has 3 heteroatoms. The Balaban J connectivity index is 2.37. The van der Waals surface area contributed by atoms with Gasteiger partial charge in [-0.1, -0.05) is 6.07 Å². The number of rotatable bonds is 7. The zero-order chi connectivity index (χ0) is 11.1. The Morgan fingerprint density at radius 2 is 2.20 bits per heavy atom. The lowest BCUT2D eigenvalue weighted by Crippen LogP contribution is -2.31. The van der Waals surface area contributed by atoms with Gasteiger partial charge in [-0.2, -0.15) is 0 Å². The molecule has 2 nitrogen and oxygen atoms in total. The lowest BCUT2D eigenvalue weighted by molar-refractivity contribution is 0.199. The van der Waals surface area contributed by atoms with E-state index >= 15 is 0 Å². The maximum atomic E-state index is 8.76.